The molecule has 1 aliphatic heterocycles. The van der Waals surface area contributed by atoms with Gasteiger partial charge >= 0.3 is 0 Å². The summed E-state index contributed by atoms with van der Waals surface area (Å²) in [5, 5.41) is 15.3. The number of nitrogens with zero attached hydrogens (tertiary/aromatic N) is 1. The molecule has 3 rings (SSSR count). The zero-order chi connectivity index (χ0) is 20.1. The number of carbonyl (C=O) groups is 2. The maximum Gasteiger partial charge on any atom is 0.234 e. The van der Waals surface area contributed by atoms with Crippen molar-refractivity contribution in [3.63, 3.8) is 0 Å². The molecule has 0 saturated heterocycles. The van der Waals surface area contributed by atoms with Gasteiger partial charge in [0.25, 0.3) is 0 Å². The number of anilines is 1. The number of nitriles is 1. The van der Waals surface area contributed by atoms with Crippen molar-refractivity contribution in [3.8, 4) is 6.07 Å². The highest BCUT2D eigenvalue weighted by Crippen LogP contribution is 2.36. The van der Waals surface area contributed by atoms with Crippen molar-refractivity contribution < 1.29 is 14.0 Å². The van der Waals surface area contributed by atoms with Crippen LogP contribution in [0, 0.1) is 17.1 Å². The Morgan fingerprint density at radius 2 is 2.00 bits per heavy atom. The SMILES string of the molecule is N#CC1=C(SCC(=O)Nc2ccc(Br)cc2)NC(=O)CC1c1ccccc1F. The summed E-state index contributed by atoms with van der Waals surface area (Å²) in [7, 11) is 0. The Bertz CT molecular complexity index is 986. The molecule has 1 atom stereocenters. The van der Waals surface area contributed by atoms with Gasteiger partial charge in [-0.15, -0.1) is 0 Å². The van der Waals surface area contributed by atoms with Crippen molar-refractivity contribution in [1.29, 1.82) is 5.26 Å². The lowest BCUT2D eigenvalue weighted by Crippen LogP contribution is -2.31. The normalized spacial score (nSPS) is 16.3. The number of hydrogen-bond donors (Lipinski definition) is 2. The highest BCUT2D eigenvalue weighted by molar-refractivity contribution is 9.10. The first kappa shape index (κ1) is 20.1. The molecule has 0 aliphatic carbocycles. The average molecular weight is 460 g/mol. The number of nitrogens with one attached hydrogen (secondary N) is 2. The second kappa shape index (κ2) is 9.04. The predicted octanol–water partition coefficient (Wildman–Crippen LogP) is 4.30. The lowest BCUT2D eigenvalue weighted by molar-refractivity contribution is -0.121. The topological polar surface area (TPSA) is 82.0 Å². The molecule has 0 radical (unpaired) electrons. The van der Waals surface area contributed by atoms with Gasteiger partial charge < -0.3 is 10.6 Å². The molecule has 5 nitrogen and oxygen atoms in total. The quantitative estimate of drug-likeness (QED) is 0.698. The maximum absolute atomic E-state index is 14.2. The summed E-state index contributed by atoms with van der Waals surface area (Å²) < 4.78 is 15.1. The molecule has 2 aromatic carbocycles. The molecule has 8 heteroatoms. The number of hydrogen-bond acceptors (Lipinski definition) is 4. The number of benzene rings is 2. The Labute approximate surface area is 174 Å². The summed E-state index contributed by atoms with van der Waals surface area (Å²) in [6.07, 6.45) is -0.0149. The number of allylic oxidation sites excluding steroid dienone is 1. The van der Waals surface area contributed by atoms with E-state index < -0.39 is 11.7 Å². The molecule has 2 N–H and O–H groups in total. The fourth-order valence-corrected chi connectivity index (χ4v) is 3.97. The fourth-order valence-electron chi connectivity index (χ4n) is 2.82. The van der Waals surface area contributed by atoms with Crippen LogP contribution in [0.2, 0.25) is 0 Å². The van der Waals surface area contributed by atoms with Gasteiger partial charge in [-0.05, 0) is 35.9 Å². The van der Waals surface area contributed by atoms with E-state index in [-0.39, 0.29) is 34.6 Å². The standard InChI is InChI=1S/C20H15BrFN3O2S/c21-12-5-7-13(8-6-12)24-19(27)11-28-20-16(10-23)15(9-18(26)25-20)14-3-1-2-4-17(14)22/h1-8,15H,9,11H2,(H,24,27)(H,25,26). The first-order valence-electron chi connectivity index (χ1n) is 8.34. The van der Waals surface area contributed by atoms with E-state index in [4.69, 9.17) is 0 Å². The van der Waals surface area contributed by atoms with Gasteiger partial charge in [0.1, 0.15) is 5.82 Å². The van der Waals surface area contributed by atoms with Gasteiger partial charge in [0.15, 0.2) is 0 Å². The van der Waals surface area contributed by atoms with Crippen molar-refractivity contribution in [2.24, 2.45) is 0 Å². The minimum absolute atomic E-state index is 0.000842. The van der Waals surface area contributed by atoms with E-state index in [9.17, 15) is 19.2 Å². The van der Waals surface area contributed by atoms with E-state index in [1.54, 1.807) is 42.5 Å². The first-order chi connectivity index (χ1) is 13.5. The third kappa shape index (κ3) is 4.80. The second-order valence-corrected chi connectivity index (χ2v) is 7.93. The Kier molecular flexibility index (Phi) is 6.49. The minimum atomic E-state index is -0.669. The van der Waals surface area contributed by atoms with Crippen LogP contribution in [0.4, 0.5) is 10.1 Å². The Morgan fingerprint density at radius 3 is 2.68 bits per heavy atom. The van der Waals surface area contributed by atoms with Crippen molar-refractivity contribution >= 4 is 45.2 Å². The smallest absolute Gasteiger partial charge is 0.234 e. The summed E-state index contributed by atoms with van der Waals surface area (Å²) in [6.45, 7) is 0. The molecule has 2 aromatic rings. The maximum atomic E-state index is 14.2. The van der Waals surface area contributed by atoms with Gasteiger partial charge in [-0.3, -0.25) is 9.59 Å². The lowest BCUT2D eigenvalue weighted by Gasteiger charge is -2.25. The predicted molar refractivity (Wildman–Crippen MR) is 110 cm³/mol. The molecule has 0 spiro atoms. The number of amides is 2. The molecule has 28 heavy (non-hydrogen) atoms. The molecule has 0 aromatic heterocycles. The molecule has 0 saturated carbocycles. The van der Waals surface area contributed by atoms with E-state index in [0.29, 0.717) is 11.3 Å². The molecule has 0 fully saturated rings. The van der Waals surface area contributed by atoms with E-state index >= 15 is 0 Å². The van der Waals surface area contributed by atoms with E-state index in [1.165, 1.54) is 6.07 Å². The molecule has 0 bridgehead atoms. The summed E-state index contributed by atoms with van der Waals surface area (Å²) in [6, 6.07) is 15.3. The Hall–Kier alpha value is -2.63. The fraction of sp³-hybridized carbons (Fsp3) is 0.150. The van der Waals surface area contributed by atoms with Crippen molar-refractivity contribution in [2.75, 3.05) is 11.1 Å². The zero-order valence-electron chi connectivity index (χ0n) is 14.5. The average Bonchev–Trinajstić information content (AvgIpc) is 2.68. The van der Waals surface area contributed by atoms with E-state index in [1.807, 2.05) is 0 Å². The lowest BCUT2D eigenvalue weighted by atomic mass is 9.87. The molecule has 2 amide bonds. The zero-order valence-corrected chi connectivity index (χ0v) is 16.9. The van der Waals surface area contributed by atoms with Crippen LogP contribution in [0.5, 0.6) is 0 Å². The Morgan fingerprint density at radius 1 is 1.29 bits per heavy atom. The monoisotopic (exact) mass is 459 g/mol. The van der Waals surface area contributed by atoms with Crippen molar-refractivity contribution in [1.82, 2.24) is 5.32 Å². The number of carbonyl (C=O) groups excluding carboxylic acids is 2. The van der Waals surface area contributed by atoms with Gasteiger partial charge in [-0.25, -0.2) is 4.39 Å². The number of halogens is 2. The number of thioether (sulfide) groups is 1. The molecular formula is C20H15BrFN3O2S. The highest BCUT2D eigenvalue weighted by Gasteiger charge is 2.31. The van der Waals surface area contributed by atoms with Crippen LogP contribution in [0.15, 0.2) is 63.6 Å². The van der Waals surface area contributed by atoms with Crippen LogP contribution in [0.3, 0.4) is 0 Å². The molecule has 142 valence electrons. The van der Waals surface area contributed by atoms with E-state index in [0.717, 1.165) is 16.2 Å². The number of rotatable bonds is 5. The van der Waals surface area contributed by atoms with Crippen LogP contribution >= 0.6 is 27.7 Å². The minimum Gasteiger partial charge on any atom is -0.325 e. The Balaban J connectivity index is 1.76. The summed E-state index contributed by atoms with van der Waals surface area (Å²) >= 11 is 4.37. The van der Waals surface area contributed by atoms with Crippen LogP contribution in [-0.2, 0) is 9.59 Å². The van der Waals surface area contributed by atoms with Gasteiger partial charge in [-0.2, -0.15) is 5.26 Å². The third-order valence-electron chi connectivity index (χ3n) is 4.11. The van der Waals surface area contributed by atoms with Gasteiger partial charge in [0.05, 0.1) is 22.4 Å². The van der Waals surface area contributed by atoms with Crippen LogP contribution in [0.25, 0.3) is 0 Å². The third-order valence-corrected chi connectivity index (χ3v) is 5.66. The van der Waals surface area contributed by atoms with Gasteiger partial charge in [0.2, 0.25) is 11.8 Å². The summed E-state index contributed by atoms with van der Waals surface area (Å²) in [5.41, 5.74) is 1.19. The first-order valence-corrected chi connectivity index (χ1v) is 10.1. The van der Waals surface area contributed by atoms with Gasteiger partial charge in [0, 0.05) is 22.5 Å². The largest absolute Gasteiger partial charge is 0.325 e. The summed E-state index contributed by atoms with van der Waals surface area (Å²) in [5.74, 6) is -1.73. The molecule has 1 unspecified atom stereocenters. The van der Waals surface area contributed by atoms with Gasteiger partial charge in [-0.1, -0.05) is 45.9 Å². The second-order valence-electron chi connectivity index (χ2n) is 6.02. The van der Waals surface area contributed by atoms with Crippen molar-refractivity contribution in [2.45, 2.75) is 12.3 Å². The van der Waals surface area contributed by atoms with Crippen LogP contribution < -0.4 is 10.6 Å². The molecule has 1 heterocycles. The molecular weight excluding hydrogens is 445 g/mol. The van der Waals surface area contributed by atoms with E-state index in [2.05, 4.69) is 32.6 Å². The van der Waals surface area contributed by atoms with Crippen molar-refractivity contribution in [3.05, 3.63) is 75.0 Å². The molecule has 1 aliphatic rings. The van der Waals surface area contributed by atoms with Crippen LogP contribution in [-0.4, -0.2) is 17.6 Å². The van der Waals surface area contributed by atoms with Crippen LogP contribution in [0.1, 0.15) is 17.9 Å². The highest BCUT2D eigenvalue weighted by atomic mass is 79.9. The summed E-state index contributed by atoms with van der Waals surface area (Å²) in [4.78, 5) is 24.3.